The molecule has 19 heavy (non-hydrogen) atoms. The zero-order chi connectivity index (χ0) is 14.7. The van der Waals surface area contributed by atoms with E-state index in [9.17, 15) is 13.2 Å². The highest BCUT2D eigenvalue weighted by molar-refractivity contribution is 4.74. The Kier molecular flexibility index (Phi) is 10.3. The molecule has 0 spiro atoms. The van der Waals surface area contributed by atoms with Gasteiger partial charge < -0.3 is 10.2 Å². The lowest BCUT2D eigenvalue weighted by atomic mass is 9.95. The van der Waals surface area contributed by atoms with E-state index in [1.165, 1.54) is 25.7 Å². The number of aliphatic hydroxyl groups is 2. The summed E-state index contributed by atoms with van der Waals surface area (Å²) in [6.45, 7) is 1.54. The normalized spacial score (nSPS) is 15.5. The zero-order valence-corrected chi connectivity index (χ0v) is 11.8. The largest absolute Gasteiger partial charge is 0.414 e. The lowest BCUT2D eigenvalue weighted by Gasteiger charge is -2.23. The average Bonchev–Trinajstić information content (AvgIpc) is 2.35. The molecule has 0 bridgehead atoms. The second kappa shape index (κ2) is 10.5. The molecule has 0 saturated heterocycles. The van der Waals surface area contributed by atoms with Gasteiger partial charge in [-0.3, -0.25) is 0 Å². The lowest BCUT2D eigenvalue weighted by molar-refractivity contribution is -0.223. The standard InChI is InChI=1S/C14H27F3O2/c1-2-3-4-5-6-7-8-9-10-12(11-18)13(19)14(15,16)17/h12-13,18-19H,2-11H2,1H3/t12-,13-/m0/s1. The first-order chi connectivity index (χ1) is 8.93. The summed E-state index contributed by atoms with van der Waals surface area (Å²) in [6, 6.07) is 0. The van der Waals surface area contributed by atoms with Gasteiger partial charge in [-0.2, -0.15) is 13.2 Å². The predicted octanol–water partition coefficient (Wildman–Crippen LogP) is 4.05. The quantitative estimate of drug-likeness (QED) is 0.562. The number of hydrogen-bond acceptors (Lipinski definition) is 2. The molecular weight excluding hydrogens is 257 g/mol. The highest BCUT2D eigenvalue weighted by atomic mass is 19.4. The molecule has 0 aromatic rings. The Morgan fingerprint density at radius 2 is 1.37 bits per heavy atom. The fourth-order valence-corrected chi connectivity index (χ4v) is 2.16. The summed E-state index contributed by atoms with van der Waals surface area (Å²) >= 11 is 0. The molecule has 0 aliphatic rings. The molecule has 2 atom stereocenters. The minimum Gasteiger partial charge on any atom is -0.396 e. The first-order valence-electron chi connectivity index (χ1n) is 7.29. The van der Waals surface area contributed by atoms with Gasteiger partial charge in [0.05, 0.1) is 0 Å². The number of rotatable bonds is 11. The zero-order valence-electron chi connectivity index (χ0n) is 11.8. The summed E-state index contributed by atoms with van der Waals surface area (Å²) in [7, 11) is 0. The highest BCUT2D eigenvalue weighted by Gasteiger charge is 2.42. The Morgan fingerprint density at radius 1 is 0.895 bits per heavy atom. The van der Waals surface area contributed by atoms with Gasteiger partial charge in [0, 0.05) is 12.5 Å². The van der Waals surface area contributed by atoms with Gasteiger partial charge in [-0.1, -0.05) is 58.3 Å². The molecule has 2 nitrogen and oxygen atoms in total. The molecule has 0 unspecified atom stereocenters. The summed E-state index contributed by atoms with van der Waals surface area (Å²) in [4.78, 5) is 0. The van der Waals surface area contributed by atoms with Crippen molar-refractivity contribution in [1.29, 1.82) is 0 Å². The summed E-state index contributed by atoms with van der Waals surface area (Å²) in [5.74, 6) is -1.08. The van der Waals surface area contributed by atoms with Crippen LogP contribution in [0.15, 0.2) is 0 Å². The van der Waals surface area contributed by atoms with Crippen molar-refractivity contribution in [3.8, 4) is 0 Å². The Morgan fingerprint density at radius 3 is 1.79 bits per heavy atom. The Bertz CT molecular complexity index is 207. The van der Waals surface area contributed by atoms with Gasteiger partial charge in [0.1, 0.15) is 0 Å². The van der Waals surface area contributed by atoms with E-state index in [2.05, 4.69) is 6.92 Å². The average molecular weight is 284 g/mol. The maximum atomic E-state index is 12.3. The van der Waals surface area contributed by atoms with Gasteiger partial charge >= 0.3 is 6.18 Å². The van der Waals surface area contributed by atoms with E-state index in [0.717, 1.165) is 19.3 Å². The second-order valence-corrected chi connectivity index (χ2v) is 5.19. The van der Waals surface area contributed by atoms with E-state index in [0.29, 0.717) is 6.42 Å². The molecule has 0 rings (SSSR count). The first-order valence-corrected chi connectivity index (χ1v) is 7.29. The number of unbranched alkanes of at least 4 members (excludes halogenated alkanes) is 7. The van der Waals surface area contributed by atoms with Crippen LogP contribution in [0, 0.1) is 5.92 Å². The second-order valence-electron chi connectivity index (χ2n) is 5.19. The predicted molar refractivity (Wildman–Crippen MR) is 69.9 cm³/mol. The van der Waals surface area contributed by atoms with Crippen molar-refractivity contribution in [1.82, 2.24) is 0 Å². The van der Waals surface area contributed by atoms with Gasteiger partial charge in [0.15, 0.2) is 6.10 Å². The summed E-state index contributed by atoms with van der Waals surface area (Å²) in [6.07, 6.45) is 1.68. The van der Waals surface area contributed by atoms with Crippen LogP contribution in [0.4, 0.5) is 13.2 Å². The molecule has 0 aliphatic carbocycles. The molecule has 0 aliphatic heterocycles. The van der Waals surface area contributed by atoms with Crippen molar-refractivity contribution in [3.05, 3.63) is 0 Å². The third-order valence-corrected chi connectivity index (χ3v) is 3.44. The minimum absolute atomic E-state index is 0.228. The first kappa shape index (κ1) is 18.7. The summed E-state index contributed by atoms with van der Waals surface area (Å²) in [5.41, 5.74) is 0. The number of halogens is 3. The van der Waals surface area contributed by atoms with Crippen LogP contribution in [0.5, 0.6) is 0 Å². The van der Waals surface area contributed by atoms with Crippen LogP contribution in [0.3, 0.4) is 0 Å². The monoisotopic (exact) mass is 284 g/mol. The van der Waals surface area contributed by atoms with E-state index >= 15 is 0 Å². The van der Waals surface area contributed by atoms with E-state index in [1.54, 1.807) is 0 Å². The van der Waals surface area contributed by atoms with Crippen LogP contribution in [0.25, 0.3) is 0 Å². The Hall–Kier alpha value is -0.290. The van der Waals surface area contributed by atoms with Crippen LogP contribution in [0.2, 0.25) is 0 Å². The number of aliphatic hydroxyl groups excluding tert-OH is 2. The van der Waals surface area contributed by atoms with Gasteiger partial charge in [0.25, 0.3) is 0 Å². The van der Waals surface area contributed by atoms with Crippen LogP contribution in [-0.2, 0) is 0 Å². The third-order valence-electron chi connectivity index (χ3n) is 3.44. The van der Waals surface area contributed by atoms with Crippen molar-refractivity contribution < 1.29 is 23.4 Å². The number of hydrogen-bond donors (Lipinski definition) is 2. The van der Waals surface area contributed by atoms with Crippen molar-refractivity contribution in [3.63, 3.8) is 0 Å². The molecule has 0 aromatic heterocycles. The van der Waals surface area contributed by atoms with E-state index in [-0.39, 0.29) is 6.42 Å². The Balaban J connectivity index is 3.62. The molecule has 0 amide bonds. The molecular formula is C14H27F3O2. The van der Waals surface area contributed by atoms with Gasteiger partial charge in [-0.05, 0) is 6.42 Å². The topological polar surface area (TPSA) is 40.5 Å². The minimum atomic E-state index is -4.63. The van der Waals surface area contributed by atoms with Crippen LogP contribution in [0.1, 0.15) is 64.7 Å². The third kappa shape index (κ3) is 9.27. The molecule has 0 heterocycles. The lowest BCUT2D eigenvalue weighted by Crippen LogP contribution is -2.37. The fourth-order valence-electron chi connectivity index (χ4n) is 2.16. The fraction of sp³-hybridized carbons (Fsp3) is 1.00. The van der Waals surface area contributed by atoms with Crippen molar-refractivity contribution in [2.75, 3.05) is 6.61 Å². The molecule has 2 N–H and O–H groups in total. The molecule has 0 saturated carbocycles. The van der Waals surface area contributed by atoms with Crippen molar-refractivity contribution in [2.24, 2.45) is 5.92 Å². The van der Waals surface area contributed by atoms with Gasteiger partial charge in [-0.15, -0.1) is 0 Å². The highest BCUT2D eigenvalue weighted by Crippen LogP contribution is 2.28. The van der Waals surface area contributed by atoms with Crippen molar-refractivity contribution in [2.45, 2.75) is 77.0 Å². The molecule has 5 heteroatoms. The van der Waals surface area contributed by atoms with Crippen LogP contribution < -0.4 is 0 Å². The maximum Gasteiger partial charge on any atom is 0.414 e. The molecule has 0 fully saturated rings. The van der Waals surface area contributed by atoms with E-state index < -0.39 is 24.8 Å². The number of alkyl halides is 3. The summed E-state index contributed by atoms with van der Waals surface area (Å²) < 4.78 is 36.8. The Labute approximate surface area is 114 Å². The molecule has 0 radical (unpaired) electrons. The van der Waals surface area contributed by atoms with Gasteiger partial charge in [0.2, 0.25) is 0 Å². The van der Waals surface area contributed by atoms with E-state index in [1.807, 2.05) is 0 Å². The van der Waals surface area contributed by atoms with E-state index in [4.69, 9.17) is 10.2 Å². The maximum absolute atomic E-state index is 12.3. The smallest absolute Gasteiger partial charge is 0.396 e. The molecule has 116 valence electrons. The summed E-state index contributed by atoms with van der Waals surface area (Å²) in [5, 5.41) is 18.0. The molecule has 0 aromatic carbocycles. The van der Waals surface area contributed by atoms with Crippen LogP contribution in [-0.4, -0.2) is 29.1 Å². The van der Waals surface area contributed by atoms with Gasteiger partial charge in [-0.25, -0.2) is 0 Å². The SMILES string of the molecule is CCCCCCCCCC[C@@H](CO)[C@H](O)C(F)(F)F. The van der Waals surface area contributed by atoms with Crippen LogP contribution >= 0.6 is 0 Å². The van der Waals surface area contributed by atoms with Crippen molar-refractivity contribution >= 4 is 0 Å².